The highest BCUT2D eigenvalue weighted by molar-refractivity contribution is 5.96. The summed E-state index contributed by atoms with van der Waals surface area (Å²) in [5.74, 6) is -0.506. The third-order valence-electron chi connectivity index (χ3n) is 4.35. The second-order valence-corrected chi connectivity index (χ2v) is 6.57. The Morgan fingerprint density at radius 3 is 2.44 bits per heavy atom. The van der Waals surface area contributed by atoms with Gasteiger partial charge < -0.3 is 19.7 Å². The molecule has 1 aliphatic heterocycles. The largest absolute Gasteiger partial charge is 0.494 e. The molecule has 1 N–H and O–H groups in total. The van der Waals surface area contributed by atoms with Gasteiger partial charge in [-0.1, -0.05) is 13.3 Å². The van der Waals surface area contributed by atoms with E-state index in [0.29, 0.717) is 31.0 Å². The van der Waals surface area contributed by atoms with E-state index in [1.54, 1.807) is 36.1 Å². The van der Waals surface area contributed by atoms with Gasteiger partial charge in [-0.25, -0.2) is 0 Å². The van der Waals surface area contributed by atoms with Crippen LogP contribution in [0.25, 0.3) is 0 Å². The Hall–Kier alpha value is -2.57. The second kappa shape index (κ2) is 10.5. The van der Waals surface area contributed by atoms with Crippen LogP contribution in [0.15, 0.2) is 24.3 Å². The Bertz CT molecular complexity index is 638. The molecule has 7 nitrogen and oxygen atoms in total. The molecule has 0 spiro atoms. The molecule has 1 atom stereocenters. The van der Waals surface area contributed by atoms with Crippen LogP contribution in [0.4, 0.5) is 0 Å². The molecule has 1 aliphatic rings. The fraction of sp³-hybridized carbons (Fsp3) is 0.550. The number of carbonyl (C=O) groups is 3. The molecule has 1 aromatic rings. The number of benzene rings is 1. The molecule has 1 unspecified atom stereocenters. The zero-order chi connectivity index (χ0) is 19.6. The first kappa shape index (κ1) is 20.7. The van der Waals surface area contributed by atoms with E-state index < -0.39 is 12.1 Å². The molecule has 1 aromatic carbocycles. The number of unbranched alkanes of at least 4 members (excludes halogenated alkanes) is 1. The van der Waals surface area contributed by atoms with E-state index in [0.717, 1.165) is 25.7 Å². The van der Waals surface area contributed by atoms with Crippen molar-refractivity contribution in [2.24, 2.45) is 0 Å². The second-order valence-electron chi connectivity index (χ2n) is 6.57. The van der Waals surface area contributed by atoms with Crippen molar-refractivity contribution in [3.8, 4) is 5.75 Å². The standard InChI is InChI=1S/C20H28N2O5/c1-3-4-13-26-17-9-7-16(8-10-17)19(24)21-14-18(23)27-15(2)20(25)22-11-5-6-12-22/h7-10,15H,3-6,11-14H2,1-2H3,(H,21,24). The van der Waals surface area contributed by atoms with Crippen LogP contribution < -0.4 is 10.1 Å². The Labute approximate surface area is 160 Å². The maximum atomic E-state index is 12.1. The minimum atomic E-state index is -0.841. The van der Waals surface area contributed by atoms with Crippen molar-refractivity contribution in [3.63, 3.8) is 0 Å². The van der Waals surface area contributed by atoms with Gasteiger partial charge in [-0.2, -0.15) is 0 Å². The minimum Gasteiger partial charge on any atom is -0.494 e. The van der Waals surface area contributed by atoms with Gasteiger partial charge in [0.05, 0.1) is 6.61 Å². The van der Waals surface area contributed by atoms with Crippen LogP contribution in [-0.2, 0) is 14.3 Å². The Balaban J connectivity index is 1.73. The number of hydrogen-bond acceptors (Lipinski definition) is 5. The van der Waals surface area contributed by atoms with E-state index in [1.165, 1.54) is 0 Å². The number of hydrogen-bond donors (Lipinski definition) is 1. The normalized spacial score (nSPS) is 14.5. The monoisotopic (exact) mass is 376 g/mol. The molecule has 0 aromatic heterocycles. The fourth-order valence-electron chi connectivity index (χ4n) is 2.78. The zero-order valence-electron chi connectivity index (χ0n) is 16.0. The average Bonchev–Trinajstić information content (AvgIpc) is 3.21. The first-order valence-corrected chi connectivity index (χ1v) is 9.50. The lowest BCUT2D eigenvalue weighted by Crippen LogP contribution is -2.40. The summed E-state index contributed by atoms with van der Waals surface area (Å²) in [4.78, 5) is 37.8. The third-order valence-corrected chi connectivity index (χ3v) is 4.35. The van der Waals surface area contributed by atoms with E-state index in [-0.39, 0.29) is 18.4 Å². The number of rotatable bonds is 9. The van der Waals surface area contributed by atoms with Crippen LogP contribution in [0.3, 0.4) is 0 Å². The lowest BCUT2D eigenvalue weighted by atomic mass is 10.2. The van der Waals surface area contributed by atoms with Gasteiger partial charge >= 0.3 is 5.97 Å². The number of amides is 2. The van der Waals surface area contributed by atoms with Crippen molar-refractivity contribution in [2.45, 2.75) is 45.6 Å². The number of nitrogens with one attached hydrogen (secondary N) is 1. The molecule has 0 bridgehead atoms. The number of ether oxygens (including phenoxy) is 2. The Morgan fingerprint density at radius 1 is 1.15 bits per heavy atom. The number of esters is 1. The van der Waals surface area contributed by atoms with Crippen molar-refractivity contribution < 1.29 is 23.9 Å². The smallest absolute Gasteiger partial charge is 0.326 e. The lowest BCUT2D eigenvalue weighted by molar-refractivity contribution is -0.157. The molecular formula is C20H28N2O5. The summed E-state index contributed by atoms with van der Waals surface area (Å²) in [6.07, 6.45) is 3.14. The topological polar surface area (TPSA) is 84.9 Å². The van der Waals surface area contributed by atoms with Crippen LogP contribution in [0, 0.1) is 0 Å². The number of carbonyl (C=O) groups excluding carboxylic acids is 3. The van der Waals surface area contributed by atoms with Crippen LogP contribution in [-0.4, -0.2) is 55.0 Å². The maximum Gasteiger partial charge on any atom is 0.326 e. The summed E-state index contributed by atoms with van der Waals surface area (Å²) < 4.78 is 10.7. The molecule has 148 valence electrons. The van der Waals surface area contributed by atoms with Gasteiger partial charge in [-0.05, 0) is 50.5 Å². The molecule has 2 rings (SSSR count). The highest BCUT2D eigenvalue weighted by Crippen LogP contribution is 2.13. The van der Waals surface area contributed by atoms with Gasteiger partial charge in [0.1, 0.15) is 12.3 Å². The summed E-state index contributed by atoms with van der Waals surface area (Å²) in [5.41, 5.74) is 0.423. The quantitative estimate of drug-likeness (QED) is 0.527. The molecule has 0 radical (unpaired) electrons. The van der Waals surface area contributed by atoms with Crippen molar-refractivity contribution in [1.29, 1.82) is 0 Å². The van der Waals surface area contributed by atoms with Crippen molar-refractivity contribution >= 4 is 17.8 Å². The SMILES string of the molecule is CCCCOc1ccc(C(=O)NCC(=O)OC(C)C(=O)N2CCCC2)cc1. The first-order valence-electron chi connectivity index (χ1n) is 9.50. The zero-order valence-corrected chi connectivity index (χ0v) is 16.0. The Morgan fingerprint density at radius 2 is 1.81 bits per heavy atom. The van der Waals surface area contributed by atoms with Crippen LogP contribution >= 0.6 is 0 Å². The molecule has 2 amide bonds. The number of nitrogens with zero attached hydrogens (tertiary/aromatic N) is 1. The fourth-order valence-corrected chi connectivity index (χ4v) is 2.78. The third kappa shape index (κ3) is 6.58. The molecule has 1 saturated heterocycles. The Kier molecular flexibility index (Phi) is 8.10. The maximum absolute atomic E-state index is 12.1. The molecule has 1 fully saturated rings. The van der Waals surface area contributed by atoms with E-state index in [9.17, 15) is 14.4 Å². The van der Waals surface area contributed by atoms with E-state index >= 15 is 0 Å². The van der Waals surface area contributed by atoms with Gasteiger partial charge in [0.25, 0.3) is 11.8 Å². The highest BCUT2D eigenvalue weighted by atomic mass is 16.5. The van der Waals surface area contributed by atoms with Gasteiger partial charge in [0.2, 0.25) is 0 Å². The van der Waals surface area contributed by atoms with Crippen LogP contribution in [0.5, 0.6) is 5.75 Å². The predicted molar refractivity (Wildman–Crippen MR) is 101 cm³/mol. The minimum absolute atomic E-state index is 0.189. The molecular weight excluding hydrogens is 348 g/mol. The molecule has 27 heavy (non-hydrogen) atoms. The van der Waals surface area contributed by atoms with Gasteiger partial charge in [0, 0.05) is 18.7 Å². The van der Waals surface area contributed by atoms with Crippen molar-refractivity contribution in [2.75, 3.05) is 26.2 Å². The lowest BCUT2D eigenvalue weighted by Gasteiger charge is -2.20. The highest BCUT2D eigenvalue weighted by Gasteiger charge is 2.25. The van der Waals surface area contributed by atoms with E-state index in [4.69, 9.17) is 9.47 Å². The van der Waals surface area contributed by atoms with Gasteiger partial charge in [-0.15, -0.1) is 0 Å². The van der Waals surface area contributed by atoms with Crippen molar-refractivity contribution in [1.82, 2.24) is 10.2 Å². The molecule has 7 heteroatoms. The summed E-state index contributed by atoms with van der Waals surface area (Å²) in [6.45, 7) is 5.40. The van der Waals surface area contributed by atoms with Gasteiger partial charge in [-0.3, -0.25) is 14.4 Å². The summed E-state index contributed by atoms with van der Waals surface area (Å²) in [7, 11) is 0. The van der Waals surface area contributed by atoms with E-state index in [2.05, 4.69) is 12.2 Å². The van der Waals surface area contributed by atoms with E-state index in [1.807, 2.05) is 0 Å². The summed E-state index contributed by atoms with van der Waals surface area (Å²) in [5, 5.41) is 2.51. The van der Waals surface area contributed by atoms with Crippen LogP contribution in [0.1, 0.15) is 49.9 Å². The van der Waals surface area contributed by atoms with Crippen molar-refractivity contribution in [3.05, 3.63) is 29.8 Å². The molecule has 1 heterocycles. The van der Waals surface area contributed by atoms with Crippen LogP contribution in [0.2, 0.25) is 0 Å². The summed E-state index contributed by atoms with van der Waals surface area (Å²) >= 11 is 0. The molecule has 0 aliphatic carbocycles. The predicted octanol–water partition coefficient (Wildman–Crippen LogP) is 2.15. The summed E-state index contributed by atoms with van der Waals surface area (Å²) in [6, 6.07) is 6.72. The van der Waals surface area contributed by atoms with Gasteiger partial charge in [0.15, 0.2) is 6.10 Å². The average molecular weight is 376 g/mol. The number of likely N-dealkylation sites (tertiary alicyclic amines) is 1. The first-order chi connectivity index (χ1) is 13.0. The molecule has 0 saturated carbocycles.